The second kappa shape index (κ2) is 7.38. The van der Waals surface area contributed by atoms with E-state index in [1.54, 1.807) is 0 Å². The summed E-state index contributed by atoms with van der Waals surface area (Å²) in [7, 11) is -3.51. The maximum atomic E-state index is 12.8. The van der Waals surface area contributed by atoms with Gasteiger partial charge in [0.1, 0.15) is 11.5 Å². The number of sulfone groups is 1. The molecule has 1 aliphatic rings. The molecule has 5 nitrogen and oxygen atoms in total. The Morgan fingerprint density at radius 3 is 1.59 bits per heavy atom. The third kappa shape index (κ3) is 4.53. The van der Waals surface area contributed by atoms with Crippen LogP contribution in [0.15, 0.2) is 47.5 Å². The number of carbonyl (C=O) groups is 1. The van der Waals surface area contributed by atoms with Gasteiger partial charge >= 0.3 is 0 Å². The number of ketones is 1. The highest BCUT2D eigenvalue weighted by Crippen LogP contribution is 2.29. The highest BCUT2D eigenvalue weighted by atomic mass is 35.5. The number of phenolic OH excluding ortho intramolecular Hbond substituents is 2. The molecule has 1 heterocycles. The summed E-state index contributed by atoms with van der Waals surface area (Å²) in [5, 5.41) is 19.2. The topological polar surface area (TPSA) is 91.7 Å². The second-order valence-corrected chi connectivity index (χ2v) is 9.00. The van der Waals surface area contributed by atoms with Crippen LogP contribution < -0.4 is 0 Å². The van der Waals surface area contributed by atoms with Gasteiger partial charge in [-0.05, 0) is 47.5 Å². The van der Waals surface area contributed by atoms with E-state index in [1.165, 1.54) is 48.6 Å². The van der Waals surface area contributed by atoms with Gasteiger partial charge < -0.3 is 10.2 Å². The van der Waals surface area contributed by atoms with Crippen LogP contribution in [0.1, 0.15) is 11.1 Å². The van der Waals surface area contributed by atoms with Gasteiger partial charge in [0.15, 0.2) is 15.6 Å². The molecule has 0 spiro atoms. The molecule has 3 rings (SSSR count). The number of rotatable bonds is 2. The molecule has 2 aromatic carbocycles. The first-order valence-electron chi connectivity index (χ1n) is 7.78. The standard InChI is InChI=1S/C19H14Cl2O5S/c20-15-7-11(1-3-17(15)22)5-13-9-27(25,26)10-14(19(13)24)6-12-2-4-18(23)16(21)8-12/h1-8,22-23H,9-10H2. The van der Waals surface area contributed by atoms with Crippen molar-refractivity contribution < 1.29 is 23.4 Å². The van der Waals surface area contributed by atoms with E-state index in [1.807, 2.05) is 0 Å². The number of hydrogen-bond acceptors (Lipinski definition) is 5. The highest BCUT2D eigenvalue weighted by molar-refractivity contribution is 7.92. The summed E-state index contributed by atoms with van der Waals surface area (Å²) >= 11 is 11.7. The lowest BCUT2D eigenvalue weighted by Crippen LogP contribution is -2.28. The minimum Gasteiger partial charge on any atom is -0.506 e. The molecule has 140 valence electrons. The molecule has 0 saturated carbocycles. The Bertz CT molecular complexity index is 1020. The Morgan fingerprint density at radius 1 is 0.815 bits per heavy atom. The average molecular weight is 425 g/mol. The summed E-state index contributed by atoms with van der Waals surface area (Å²) in [4.78, 5) is 12.8. The number of Topliss-reactive ketones (excluding diaryl/α,β-unsaturated/α-hetero) is 1. The largest absolute Gasteiger partial charge is 0.506 e. The van der Waals surface area contributed by atoms with Crippen LogP contribution in [-0.2, 0) is 14.6 Å². The van der Waals surface area contributed by atoms with E-state index >= 15 is 0 Å². The summed E-state index contributed by atoms with van der Waals surface area (Å²) in [6.45, 7) is 0. The molecule has 8 heteroatoms. The van der Waals surface area contributed by atoms with E-state index in [9.17, 15) is 23.4 Å². The lowest BCUT2D eigenvalue weighted by atomic mass is 10.0. The fourth-order valence-electron chi connectivity index (χ4n) is 2.70. The predicted molar refractivity (Wildman–Crippen MR) is 106 cm³/mol. The van der Waals surface area contributed by atoms with Gasteiger partial charge in [0.2, 0.25) is 0 Å². The van der Waals surface area contributed by atoms with E-state index in [-0.39, 0.29) is 44.2 Å². The van der Waals surface area contributed by atoms with Crippen molar-refractivity contribution in [2.24, 2.45) is 0 Å². The zero-order valence-electron chi connectivity index (χ0n) is 13.8. The molecule has 0 atom stereocenters. The van der Waals surface area contributed by atoms with Gasteiger partial charge in [-0.2, -0.15) is 0 Å². The fourth-order valence-corrected chi connectivity index (χ4v) is 4.56. The first-order valence-corrected chi connectivity index (χ1v) is 10.4. The number of hydrogen-bond donors (Lipinski definition) is 2. The van der Waals surface area contributed by atoms with E-state index in [0.29, 0.717) is 11.1 Å². The van der Waals surface area contributed by atoms with E-state index in [0.717, 1.165) is 0 Å². The van der Waals surface area contributed by atoms with Crippen molar-refractivity contribution in [2.45, 2.75) is 0 Å². The van der Waals surface area contributed by atoms with E-state index in [4.69, 9.17) is 23.2 Å². The Balaban J connectivity index is 2.02. The number of phenols is 2. The minimum absolute atomic E-state index is 0.102. The van der Waals surface area contributed by atoms with Crippen molar-refractivity contribution in [1.82, 2.24) is 0 Å². The molecule has 1 aliphatic heterocycles. The Kier molecular flexibility index (Phi) is 5.33. The molecule has 27 heavy (non-hydrogen) atoms. The van der Waals surface area contributed by atoms with Gasteiger partial charge in [-0.15, -0.1) is 0 Å². The zero-order chi connectivity index (χ0) is 19.8. The average Bonchev–Trinajstić information content (AvgIpc) is 2.58. The first-order chi connectivity index (χ1) is 12.6. The van der Waals surface area contributed by atoms with Gasteiger partial charge in [-0.1, -0.05) is 35.3 Å². The van der Waals surface area contributed by atoms with Crippen molar-refractivity contribution in [2.75, 3.05) is 11.5 Å². The Labute approximate surface area is 166 Å². The number of halogens is 2. The van der Waals surface area contributed by atoms with Crippen LogP contribution in [0, 0.1) is 0 Å². The molecular formula is C19H14Cl2O5S. The summed E-state index contributed by atoms with van der Waals surface area (Å²) < 4.78 is 24.5. The molecule has 1 saturated heterocycles. The second-order valence-electron chi connectivity index (χ2n) is 6.12. The quantitative estimate of drug-likeness (QED) is 0.713. The van der Waals surface area contributed by atoms with Crippen LogP contribution in [-0.4, -0.2) is 35.9 Å². The van der Waals surface area contributed by atoms with Crippen LogP contribution in [0.3, 0.4) is 0 Å². The molecule has 2 N–H and O–H groups in total. The molecule has 2 aromatic rings. The molecule has 0 radical (unpaired) electrons. The summed E-state index contributed by atoms with van der Waals surface area (Å²) in [6, 6.07) is 8.69. The van der Waals surface area contributed by atoms with Crippen molar-refractivity contribution >= 4 is 51.0 Å². The molecule has 0 bridgehead atoms. The Morgan fingerprint density at radius 2 is 1.22 bits per heavy atom. The maximum absolute atomic E-state index is 12.8. The lowest BCUT2D eigenvalue weighted by molar-refractivity contribution is -0.112. The zero-order valence-corrected chi connectivity index (χ0v) is 16.1. The Hall–Kier alpha value is -2.28. The normalized spacial score (nSPS) is 19.6. The molecule has 0 aliphatic carbocycles. The number of aromatic hydroxyl groups is 2. The summed E-state index contributed by atoms with van der Waals surface area (Å²) in [5.74, 6) is -1.36. The maximum Gasteiger partial charge on any atom is 0.187 e. The molecule has 0 unspecified atom stereocenters. The highest BCUT2D eigenvalue weighted by Gasteiger charge is 2.30. The molecule has 0 amide bonds. The van der Waals surface area contributed by atoms with Crippen LogP contribution in [0.4, 0.5) is 0 Å². The van der Waals surface area contributed by atoms with Crippen LogP contribution in [0.2, 0.25) is 10.0 Å². The third-order valence-electron chi connectivity index (χ3n) is 3.96. The van der Waals surface area contributed by atoms with Gasteiger partial charge in [0.05, 0.1) is 21.6 Å². The van der Waals surface area contributed by atoms with E-state index in [2.05, 4.69) is 0 Å². The van der Waals surface area contributed by atoms with Gasteiger partial charge in [0, 0.05) is 11.1 Å². The van der Waals surface area contributed by atoms with Gasteiger partial charge in [-0.25, -0.2) is 8.42 Å². The van der Waals surface area contributed by atoms with Crippen molar-refractivity contribution in [3.8, 4) is 11.5 Å². The van der Waals surface area contributed by atoms with E-state index < -0.39 is 15.6 Å². The van der Waals surface area contributed by atoms with Crippen LogP contribution in [0.25, 0.3) is 12.2 Å². The van der Waals surface area contributed by atoms with Crippen molar-refractivity contribution in [3.05, 3.63) is 68.7 Å². The minimum atomic E-state index is -3.51. The van der Waals surface area contributed by atoms with Crippen molar-refractivity contribution in [3.63, 3.8) is 0 Å². The molecule has 0 aromatic heterocycles. The molecular weight excluding hydrogens is 411 g/mol. The lowest BCUT2D eigenvalue weighted by Gasteiger charge is -2.17. The fraction of sp³-hybridized carbons (Fsp3) is 0.105. The van der Waals surface area contributed by atoms with Crippen molar-refractivity contribution in [1.29, 1.82) is 0 Å². The summed E-state index contributed by atoms with van der Waals surface area (Å²) in [6.07, 6.45) is 2.89. The van der Waals surface area contributed by atoms with Gasteiger partial charge in [0.25, 0.3) is 0 Å². The summed E-state index contributed by atoms with van der Waals surface area (Å²) in [5.41, 5.74) is 1.23. The number of benzene rings is 2. The number of carbonyl (C=O) groups excluding carboxylic acids is 1. The van der Waals surface area contributed by atoms with Crippen LogP contribution >= 0.6 is 23.2 Å². The SMILES string of the molecule is O=C1C(=Cc2ccc(O)c(Cl)c2)CS(=O)(=O)CC1=Cc1ccc(O)c(Cl)c1. The van der Waals surface area contributed by atoms with Gasteiger partial charge in [-0.3, -0.25) is 4.79 Å². The smallest absolute Gasteiger partial charge is 0.187 e. The monoisotopic (exact) mass is 424 g/mol. The predicted octanol–water partition coefficient (Wildman–Crippen LogP) is 3.87. The molecule has 1 fully saturated rings. The van der Waals surface area contributed by atoms with Crippen LogP contribution in [0.5, 0.6) is 11.5 Å². The third-order valence-corrected chi connectivity index (χ3v) is 6.07. The first kappa shape index (κ1) is 19.5.